The standard InChI is InChI=1S/C21H28N2O4S2/c1-15(2)27-18-9-5-7-17(13-18)8-6-12-22-29(25,26)19-10-11-21(28-4)20(14-19)23-16(3)24/h5,7,9-11,13-15,22H,6,8,12H2,1-4H3,(H,23,24). The molecule has 0 atom stereocenters. The number of amides is 1. The lowest BCUT2D eigenvalue weighted by molar-refractivity contribution is -0.114. The Morgan fingerprint density at radius 1 is 1.17 bits per heavy atom. The fourth-order valence-electron chi connectivity index (χ4n) is 2.77. The Bertz CT molecular complexity index is 943. The van der Waals surface area contributed by atoms with Crippen LogP contribution < -0.4 is 14.8 Å². The number of hydrogen-bond acceptors (Lipinski definition) is 5. The van der Waals surface area contributed by atoms with Crippen LogP contribution in [0.5, 0.6) is 5.75 Å². The number of carbonyl (C=O) groups excluding carboxylic acids is 1. The number of rotatable bonds is 10. The van der Waals surface area contributed by atoms with Gasteiger partial charge in [0.15, 0.2) is 0 Å². The van der Waals surface area contributed by atoms with Crippen LogP contribution in [0.3, 0.4) is 0 Å². The van der Waals surface area contributed by atoms with Crippen molar-refractivity contribution >= 4 is 33.4 Å². The lowest BCUT2D eigenvalue weighted by Gasteiger charge is -2.12. The highest BCUT2D eigenvalue weighted by Gasteiger charge is 2.16. The molecule has 0 aliphatic heterocycles. The van der Waals surface area contributed by atoms with Crippen molar-refractivity contribution in [3.8, 4) is 5.75 Å². The van der Waals surface area contributed by atoms with Gasteiger partial charge in [0.1, 0.15) is 5.75 Å². The Kier molecular flexibility index (Phi) is 8.55. The number of carbonyl (C=O) groups is 1. The average Bonchev–Trinajstić information content (AvgIpc) is 2.64. The van der Waals surface area contributed by atoms with Crippen molar-refractivity contribution in [3.63, 3.8) is 0 Å². The zero-order valence-corrected chi connectivity index (χ0v) is 18.8. The van der Waals surface area contributed by atoms with Crippen LogP contribution in [0, 0.1) is 0 Å². The Morgan fingerprint density at radius 2 is 1.93 bits per heavy atom. The summed E-state index contributed by atoms with van der Waals surface area (Å²) in [6.45, 7) is 5.66. The zero-order chi connectivity index (χ0) is 21.4. The highest BCUT2D eigenvalue weighted by molar-refractivity contribution is 7.98. The Hall–Kier alpha value is -2.03. The topological polar surface area (TPSA) is 84.5 Å². The first-order valence-corrected chi connectivity index (χ1v) is 12.1. The second-order valence-corrected chi connectivity index (χ2v) is 9.47. The third kappa shape index (κ3) is 7.38. The molecule has 0 saturated carbocycles. The maximum absolute atomic E-state index is 12.6. The average molecular weight is 437 g/mol. The third-order valence-corrected chi connectivity index (χ3v) is 6.25. The number of sulfonamides is 1. The first kappa shape index (κ1) is 23.3. The molecule has 2 aromatic carbocycles. The predicted octanol–water partition coefficient (Wildman–Crippen LogP) is 4.07. The van der Waals surface area contributed by atoms with Crippen LogP contribution in [0.25, 0.3) is 0 Å². The van der Waals surface area contributed by atoms with Crippen LogP contribution in [-0.2, 0) is 21.2 Å². The van der Waals surface area contributed by atoms with E-state index in [1.165, 1.54) is 24.8 Å². The van der Waals surface area contributed by atoms with E-state index in [4.69, 9.17) is 4.74 Å². The molecule has 0 aromatic heterocycles. The minimum atomic E-state index is -3.66. The molecule has 6 nitrogen and oxygen atoms in total. The summed E-state index contributed by atoms with van der Waals surface area (Å²) in [7, 11) is -3.66. The summed E-state index contributed by atoms with van der Waals surface area (Å²) in [5.41, 5.74) is 1.59. The minimum absolute atomic E-state index is 0.108. The van der Waals surface area contributed by atoms with E-state index in [1.807, 2.05) is 44.4 Å². The number of anilines is 1. The molecule has 8 heteroatoms. The number of aryl methyl sites for hydroxylation is 1. The van der Waals surface area contributed by atoms with Crippen molar-refractivity contribution < 1.29 is 17.9 Å². The van der Waals surface area contributed by atoms with Crippen molar-refractivity contribution in [1.82, 2.24) is 4.72 Å². The maximum atomic E-state index is 12.6. The largest absolute Gasteiger partial charge is 0.491 e. The molecule has 0 saturated heterocycles. The highest BCUT2D eigenvalue weighted by atomic mass is 32.2. The number of benzene rings is 2. The Morgan fingerprint density at radius 3 is 2.59 bits per heavy atom. The maximum Gasteiger partial charge on any atom is 0.240 e. The SMILES string of the molecule is CSc1ccc(S(=O)(=O)NCCCc2cccc(OC(C)C)c2)cc1NC(C)=O. The van der Waals surface area contributed by atoms with Gasteiger partial charge < -0.3 is 10.1 Å². The molecule has 2 aromatic rings. The zero-order valence-electron chi connectivity index (χ0n) is 17.2. The summed E-state index contributed by atoms with van der Waals surface area (Å²) < 4.78 is 33.5. The van der Waals surface area contributed by atoms with E-state index in [-0.39, 0.29) is 16.9 Å². The van der Waals surface area contributed by atoms with Gasteiger partial charge in [-0.15, -0.1) is 11.8 Å². The molecule has 0 aliphatic carbocycles. The molecule has 0 unspecified atom stereocenters. The van der Waals surface area contributed by atoms with Gasteiger partial charge in [0, 0.05) is 18.4 Å². The van der Waals surface area contributed by atoms with E-state index in [0.717, 1.165) is 22.6 Å². The van der Waals surface area contributed by atoms with Gasteiger partial charge in [0.25, 0.3) is 0 Å². The van der Waals surface area contributed by atoms with Crippen molar-refractivity contribution in [2.24, 2.45) is 0 Å². The molecule has 0 radical (unpaired) electrons. The first-order valence-electron chi connectivity index (χ1n) is 9.42. The number of ether oxygens (including phenoxy) is 1. The van der Waals surface area contributed by atoms with Crippen LogP contribution in [0.4, 0.5) is 5.69 Å². The normalized spacial score (nSPS) is 11.5. The molecule has 0 spiro atoms. The van der Waals surface area contributed by atoms with Crippen LogP contribution in [0.2, 0.25) is 0 Å². The van der Waals surface area contributed by atoms with Gasteiger partial charge in [-0.25, -0.2) is 13.1 Å². The summed E-state index contributed by atoms with van der Waals surface area (Å²) in [5.74, 6) is 0.573. The highest BCUT2D eigenvalue weighted by Crippen LogP contribution is 2.28. The molecule has 0 bridgehead atoms. The monoisotopic (exact) mass is 436 g/mol. The molecule has 0 aliphatic rings. The summed E-state index contributed by atoms with van der Waals surface area (Å²) >= 11 is 1.44. The van der Waals surface area contributed by atoms with Crippen molar-refractivity contribution in [2.45, 2.75) is 49.5 Å². The molecular formula is C21H28N2O4S2. The van der Waals surface area contributed by atoms with Crippen LogP contribution in [0.1, 0.15) is 32.8 Å². The molecule has 0 heterocycles. The van der Waals surface area contributed by atoms with Crippen LogP contribution >= 0.6 is 11.8 Å². The number of hydrogen-bond donors (Lipinski definition) is 2. The second-order valence-electron chi connectivity index (χ2n) is 6.86. The van der Waals surface area contributed by atoms with E-state index in [9.17, 15) is 13.2 Å². The smallest absolute Gasteiger partial charge is 0.240 e. The van der Waals surface area contributed by atoms with E-state index >= 15 is 0 Å². The van der Waals surface area contributed by atoms with Gasteiger partial charge in [0.05, 0.1) is 16.7 Å². The molecule has 2 N–H and O–H groups in total. The molecular weight excluding hydrogens is 408 g/mol. The van der Waals surface area contributed by atoms with Crippen LogP contribution in [-0.4, -0.2) is 33.2 Å². The van der Waals surface area contributed by atoms with Gasteiger partial charge in [-0.1, -0.05) is 12.1 Å². The van der Waals surface area contributed by atoms with E-state index in [2.05, 4.69) is 10.0 Å². The molecule has 2 rings (SSSR count). The fourth-order valence-corrected chi connectivity index (χ4v) is 4.40. The quantitative estimate of drug-likeness (QED) is 0.433. The molecule has 0 fully saturated rings. The van der Waals surface area contributed by atoms with Crippen molar-refractivity contribution in [3.05, 3.63) is 48.0 Å². The van der Waals surface area contributed by atoms with Crippen molar-refractivity contribution in [2.75, 3.05) is 18.1 Å². The van der Waals surface area contributed by atoms with E-state index in [1.54, 1.807) is 12.1 Å². The van der Waals surface area contributed by atoms with E-state index in [0.29, 0.717) is 18.7 Å². The van der Waals surface area contributed by atoms with Gasteiger partial charge in [0.2, 0.25) is 15.9 Å². The van der Waals surface area contributed by atoms with Gasteiger partial charge in [-0.3, -0.25) is 4.79 Å². The Balaban J connectivity index is 1.97. The van der Waals surface area contributed by atoms with Gasteiger partial charge in [-0.05, 0) is 68.8 Å². The van der Waals surface area contributed by atoms with Gasteiger partial charge >= 0.3 is 0 Å². The second kappa shape index (κ2) is 10.7. The number of nitrogens with one attached hydrogen (secondary N) is 2. The lowest BCUT2D eigenvalue weighted by atomic mass is 10.1. The Labute approximate surface area is 177 Å². The van der Waals surface area contributed by atoms with E-state index < -0.39 is 10.0 Å². The summed E-state index contributed by atoms with van der Waals surface area (Å²) in [6.07, 6.45) is 3.37. The van der Waals surface area contributed by atoms with Gasteiger partial charge in [-0.2, -0.15) is 0 Å². The molecule has 1 amide bonds. The molecule has 158 valence electrons. The number of thioether (sulfide) groups is 1. The summed E-state index contributed by atoms with van der Waals surface area (Å²) in [5, 5.41) is 2.68. The lowest BCUT2D eigenvalue weighted by Crippen LogP contribution is -2.25. The first-order chi connectivity index (χ1) is 13.7. The molecule has 29 heavy (non-hydrogen) atoms. The minimum Gasteiger partial charge on any atom is -0.491 e. The fraction of sp³-hybridized carbons (Fsp3) is 0.381. The van der Waals surface area contributed by atoms with Crippen molar-refractivity contribution in [1.29, 1.82) is 0 Å². The predicted molar refractivity (Wildman–Crippen MR) is 118 cm³/mol. The van der Waals surface area contributed by atoms with Crippen LogP contribution in [0.15, 0.2) is 52.3 Å². The summed E-state index contributed by atoms with van der Waals surface area (Å²) in [4.78, 5) is 12.3. The summed E-state index contributed by atoms with van der Waals surface area (Å²) in [6, 6.07) is 12.6. The third-order valence-electron chi connectivity index (χ3n) is 4.00.